The molecule has 0 rings (SSSR count). The van der Waals surface area contributed by atoms with E-state index in [9.17, 15) is 19.0 Å². The Morgan fingerprint density at radius 3 is 1.46 bits per heavy atom. The van der Waals surface area contributed by atoms with E-state index in [0.717, 1.165) is 77.0 Å². The van der Waals surface area contributed by atoms with Crippen molar-refractivity contribution < 1.29 is 37.6 Å². The summed E-state index contributed by atoms with van der Waals surface area (Å²) in [7, 11) is -4.28. The largest absolute Gasteiger partial charge is 0.472 e. The second-order valence-corrected chi connectivity index (χ2v) is 14.7. The lowest BCUT2D eigenvalue weighted by molar-refractivity contribution is -0.161. The van der Waals surface area contributed by atoms with Gasteiger partial charge in [0.25, 0.3) is 0 Å². The molecule has 0 aliphatic carbocycles. The maximum Gasteiger partial charge on any atom is 0.472 e. The van der Waals surface area contributed by atoms with Crippen LogP contribution in [0.25, 0.3) is 0 Å². The Bertz CT molecular complexity index is 916. The van der Waals surface area contributed by atoms with Crippen LogP contribution in [-0.4, -0.2) is 42.8 Å². The van der Waals surface area contributed by atoms with Crippen LogP contribution < -0.4 is 0 Å². The molecule has 50 heavy (non-hydrogen) atoms. The van der Waals surface area contributed by atoms with Crippen molar-refractivity contribution in [3.63, 3.8) is 0 Å². The van der Waals surface area contributed by atoms with Crippen LogP contribution in [0.5, 0.6) is 0 Å². The van der Waals surface area contributed by atoms with E-state index in [-0.39, 0.29) is 32.0 Å². The van der Waals surface area contributed by atoms with Crippen molar-refractivity contribution >= 4 is 19.8 Å². The highest BCUT2D eigenvalue weighted by Gasteiger charge is 2.25. The van der Waals surface area contributed by atoms with Crippen molar-refractivity contribution in [1.29, 1.82) is 0 Å². The van der Waals surface area contributed by atoms with E-state index in [4.69, 9.17) is 18.5 Å². The molecule has 0 aromatic heterocycles. The molecule has 292 valence electrons. The molecule has 0 saturated heterocycles. The molecule has 0 radical (unpaired) electrons. The standard InChI is InChI=1S/C41H75O8P/c1-4-7-9-11-13-15-17-19-21-22-24-26-28-30-32-34-36-41(43)49-39(38-48-50(44,45)47-6-3)37-46-40(42)35-33-31-29-27-25-23-20-18-16-14-12-10-8-5-2/h15,17-18,20-22,39H,4-14,16,19,23-38H2,1-3H3,(H,44,45)/b17-15-,20-18-,22-21-. The number of rotatable bonds is 37. The van der Waals surface area contributed by atoms with Gasteiger partial charge in [-0.3, -0.25) is 18.6 Å². The van der Waals surface area contributed by atoms with Gasteiger partial charge < -0.3 is 14.4 Å². The SMILES string of the molecule is CCCCCC/C=C\C/C=C\CCCCCCCC(=O)OC(COC(=O)CCCCCCC/C=C\CCCCCCC)COP(=O)(O)OCC. The minimum atomic E-state index is -4.28. The van der Waals surface area contributed by atoms with Gasteiger partial charge >= 0.3 is 19.8 Å². The van der Waals surface area contributed by atoms with Crippen LogP contribution in [0.1, 0.15) is 188 Å². The molecule has 0 aromatic carbocycles. The van der Waals surface area contributed by atoms with E-state index in [1.807, 2.05) is 0 Å². The molecule has 0 bridgehead atoms. The van der Waals surface area contributed by atoms with Gasteiger partial charge in [0.1, 0.15) is 6.61 Å². The van der Waals surface area contributed by atoms with Crippen molar-refractivity contribution in [3.8, 4) is 0 Å². The zero-order chi connectivity index (χ0) is 36.8. The number of phosphoric acid groups is 1. The van der Waals surface area contributed by atoms with Crippen molar-refractivity contribution in [3.05, 3.63) is 36.5 Å². The molecule has 9 heteroatoms. The van der Waals surface area contributed by atoms with Crippen molar-refractivity contribution in [2.24, 2.45) is 0 Å². The zero-order valence-corrected chi connectivity index (χ0v) is 33.2. The Balaban J connectivity index is 4.16. The number of carbonyl (C=O) groups excluding carboxylic acids is 2. The average molecular weight is 727 g/mol. The molecular formula is C41H75O8P. The number of hydrogen-bond donors (Lipinski definition) is 1. The Labute approximate surface area is 306 Å². The van der Waals surface area contributed by atoms with Crippen LogP contribution in [0.15, 0.2) is 36.5 Å². The van der Waals surface area contributed by atoms with Crippen molar-refractivity contribution in [1.82, 2.24) is 0 Å². The number of ether oxygens (including phenoxy) is 2. The molecule has 0 aliphatic rings. The molecule has 0 amide bonds. The zero-order valence-electron chi connectivity index (χ0n) is 32.3. The van der Waals surface area contributed by atoms with Crippen LogP contribution >= 0.6 is 7.82 Å². The highest BCUT2D eigenvalue weighted by Crippen LogP contribution is 2.43. The van der Waals surface area contributed by atoms with E-state index in [1.165, 1.54) is 70.6 Å². The fraction of sp³-hybridized carbons (Fsp3) is 0.805. The number of carbonyl (C=O) groups is 2. The molecule has 0 heterocycles. The quantitative estimate of drug-likeness (QED) is 0.0292. The van der Waals surface area contributed by atoms with Crippen LogP contribution in [-0.2, 0) is 32.7 Å². The predicted molar refractivity (Wildman–Crippen MR) is 207 cm³/mol. The van der Waals surface area contributed by atoms with E-state index in [0.29, 0.717) is 6.42 Å². The summed E-state index contributed by atoms with van der Waals surface area (Å²) in [6.45, 7) is 5.42. The smallest absolute Gasteiger partial charge is 0.462 e. The number of allylic oxidation sites excluding steroid dienone is 6. The predicted octanol–water partition coefficient (Wildman–Crippen LogP) is 12.4. The monoisotopic (exact) mass is 727 g/mol. The second-order valence-electron chi connectivity index (χ2n) is 13.3. The van der Waals surface area contributed by atoms with Crippen LogP contribution in [0.4, 0.5) is 0 Å². The number of phosphoric ester groups is 1. The first-order valence-corrected chi connectivity index (χ1v) is 21.8. The highest BCUT2D eigenvalue weighted by molar-refractivity contribution is 7.47. The fourth-order valence-corrected chi connectivity index (χ4v) is 6.17. The third-order valence-electron chi connectivity index (χ3n) is 8.42. The lowest BCUT2D eigenvalue weighted by Crippen LogP contribution is -2.29. The van der Waals surface area contributed by atoms with Crippen LogP contribution in [0.3, 0.4) is 0 Å². The van der Waals surface area contributed by atoms with Crippen molar-refractivity contribution in [2.45, 2.75) is 194 Å². The summed E-state index contributed by atoms with van der Waals surface area (Å²) >= 11 is 0. The number of esters is 2. The summed E-state index contributed by atoms with van der Waals surface area (Å²) in [6.07, 6.45) is 40.5. The molecule has 0 saturated carbocycles. The topological polar surface area (TPSA) is 108 Å². The van der Waals surface area contributed by atoms with Gasteiger partial charge in [0.15, 0.2) is 6.10 Å². The van der Waals surface area contributed by atoms with Gasteiger partial charge in [0.2, 0.25) is 0 Å². The third kappa shape index (κ3) is 36.1. The second kappa shape index (κ2) is 37.0. The molecule has 0 fully saturated rings. The normalized spacial score (nSPS) is 13.8. The van der Waals surface area contributed by atoms with Gasteiger partial charge in [-0.1, -0.05) is 134 Å². The van der Waals surface area contributed by atoms with E-state index in [1.54, 1.807) is 6.92 Å². The van der Waals surface area contributed by atoms with E-state index < -0.39 is 26.5 Å². The summed E-state index contributed by atoms with van der Waals surface area (Å²) in [5.74, 6) is -0.823. The van der Waals surface area contributed by atoms with Gasteiger partial charge in [-0.15, -0.1) is 0 Å². The average Bonchev–Trinajstić information content (AvgIpc) is 3.09. The maximum absolute atomic E-state index is 12.5. The highest BCUT2D eigenvalue weighted by atomic mass is 31.2. The van der Waals surface area contributed by atoms with Gasteiger partial charge in [0, 0.05) is 12.8 Å². The summed E-state index contributed by atoms with van der Waals surface area (Å²) < 4.78 is 32.6. The Hall–Kier alpha value is -1.73. The minimum absolute atomic E-state index is 0.00397. The maximum atomic E-state index is 12.5. The van der Waals surface area contributed by atoms with Crippen LogP contribution in [0, 0.1) is 0 Å². The Morgan fingerprint density at radius 1 is 0.540 bits per heavy atom. The van der Waals surface area contributed by atoms with Gasteiger partial charge in [0.05, 0.1) is 13.2 Å². The lowest BCUT2D eigenvalue weighted by atomic mass is 10.1. The van der Waals surface area contributed by atoms with Crippen LogP contribution in [0.2, 0.25) is 0 Å². The fourth-order valence-electron chi connectivity index (χ4n) is 5.42. The van der Waals surface area contributed by atoms with Gasteiger partial charge in [-0.05, 0) is 77.6 Å². The van der Waals surface area contributed by atoms with Crippen molar-refractivity contribution in [2.75, 3.05) is 19.8 Å². The summed E-state index contributed by atoms with van der Waals surface area (Å²) in [5, 5.41) is 0. The molecule has 2 atom stereocenters. The number of hydrogen-bond acceptors (Lipinski definition) is 7. The summed E-state index contributed by atoms with van der Waals surface area (Å²) in [4.78, 5) is 34.6. The molecule has 2 unspecified atom stereocenters. The molecule has 0 aromatic rings. The molecule has 8 nitrogen and oxygen atoms in total. The molecule has 0 spiro atoms. The Kier molecular flexibility index (Phi) is 35.8. The number of unbranched alkanes of at least 4 members (excludes halogenated alkanes) is 19. The first-order valence-electron chi connectivity index (χ1n) is 20.3. The summed E-state index contributed by atoms with van der Waals surface area (Å²) in [5.41, 5.74) is 0. The van der Waals surface area contributed by atoms with E-state index in [2.05, 4.69) is 50.3 Å². The van der Waals surface area contributed by atoms with Gasteiger partial charge in [-0.2, -0.15) is 0 Å². The van der Waals surface area contributed by atoms with Gasteiger partial charge in [-0.25, -0.2) is 4.57 Å². The first kappa shape index (κ1) is 48.3. The third-order valence-corrected chi connectivity index (χ3v) is 9.48. The molecular weight excluding hydrogens is 651 g/mol. The molecule has 0 aliphatic heterocycles. The van der Waals surface area contributed by atoms with E-state index >= 15 is 0 Å². The summed E-state index contributed by atoms with van der Waals surface area (Å²) in [6, 6.07) is 0. The minimum Gasteiger partial charge on any atom is -0.462 e. The Morgan fingerprint density at radius 2 is 0.960 bits per heavy atom. The lowest BCUT2D eigenvalue weighted by Gasteiger charge is -2.19. The first-order chi connectivity index (χ1) is 24.3. The molecule has 1 N–H and O–H groups in total.